The Morgan fingerprint density at radius 2 is 2.18 bits per heavy atom. The molecule has 1 fully saturated rings. The number of aliphatic hydroxyl groups excluding tert-OH is 1. The number of halogens is 1. The zero-order valence-electron chi connectivity index (χ0n) is 12.5. The van der Waals surface area contributed by atoms with Crippen LogP contribution >= 0.6 is 35.6 Å². The Kier molecular flexibility index (Phi) is 7.73. The summed E-state index contributed by atoms with van der Waals surface area (Å²) >= 11 is 12.8. The first kappa shape index (κ1) is 17.8. The highest BCUT2D eigenvalue weighted by molar-refractivity contribution is 8.23. The smallest absolute Gasteiger partial charge is 0.136 e. The summed E-state index contributed by atoms with van der Waals surface area (Å²) in [5, 5.41) is 9.99. The van der Waals surface area contributed by atoms with Gasteiger partial charge in [-0.25, -0.2) is 0 Å². The monoisotopic (exact) mass is 355 g/mol. The van der Waals surface area contributed by atoms with E-state index in [2.05, 4.69) is 29.2 Å². The molecule has 1 saturated heterocycles. The summed E-state index contributed by atoms with van der Waals surface area (Å²) in [4.78, 5) is 2.27. The number of allylic oxidation sites excluding steroid dienone is 1. The number of aliphatic hydroxyl groups is 1. The molecule has 0 amide bonds. The highest BCUT2D eigenvalue weighted by Gasteiger charge is 2.28. The highest BCUT2D eigenvalue weighted by Crippen LogP contribution is 2.27. The molecule has 1 heterocycles. The van der Waals surface area contributed by atoms with E-state index in [9.17, 15) is 5.11 Å². The Hall–Kier alpha value is -0.550. The van der Waals surface area contributed by atoms with E-state index in [4.69, 9.17) is 23.8 Å². The van der Waals surface area contributed by atoms with Gasteiger partial charge in [0.1, 0.15) is 4.32 Å². The molecule has 2 rings (SSSR count). The average molecular weight is 356 g/mol. The summed E-state index contributed by atoms with van der Waals surface area (Å²) in [6, 6.07) is 10.9. The van der Waals surface area contributed by atoms with Crippen molar-refractivity contribution in [1.82, 2.24) is 4.90 Å². The molecule has 1 aliphatic heterocycles. The van der Waals surface area contributed by atoms with Crippen molar-refractivity contribution in [1.29, 1.82) is 0 Å². The second-order valence-electron chi connectivity index (χ2n) is 5.38. The van der Waals surface area contributed by atoms with E-state index >= 15 is 0 Å². The van der Waals surface area contributed by atoms with Gasteiger partial charge in [0.15, 0.2) is 0 Å². The maximum Gasteiger partial charge on any atom is 0.136 e. The zero-order chi connectivity index (χ0) is 15.8. The standard InChI is InChI=1S/C17H22ClNOS2/c18-10-5-4-8-16(20)9-11-19-15(13-22-17(19)21)12-14-6-2-1-3-7-14/h1-4,6-8,15-16,20H,5,9-13H2/b8-4+/t15-,16-/m1/s1. The Balaban J connectivity index is 1.86. The van der Waals surface area contributed by atoms with E-state index in [1.807, 2.05) is 18.2 Å². The molecule has 120 valence electrons. The minimum absolute atomic E-state index is 0.422. The summed E-state index contributed by atoms with van der Waals surface area (Å²) in [7, 11) is 0. The van der Waals surface area contributed by atoms with Gasteiger partial charge in [-0.15, -0.1) is 11.6 Å². The van der Waals surface area contributed by atoms with Gasteiger partial charge in [-0.05, 0) is 24.8 Å². The van der Waals surface area contributed by atoms with Crippen molar-refractivity contribution in [2.45, 2.75) is 31.4 Å². The zero-order valence-corrected chi connectivity index (χ0v) is 14.9. The number of alkyl halides is 1. The molecule has 0 aliphatic carbocycles. The minimum atomic E-state index is -0.422. The van der Waals surface area contributed by atoms with Gasteiger partial charge in [0, 0.05) is 24.2 Å². The molecule has 0 aromatic heterocycles. The number of rotatable bonds is 8. The van der Waals surface area contributed by atoms with Crippen LogP contribution in [-0.2, 0) is 6.42 Å². The van der Waals surface area contributed by atoms with Crippen molar-refractivity contribution in [3.05, 3.63) is 48.0 Å². The van der Waals surface area contributed by atoms with E-state index in [1.165, 1.54) is 5.56 Å². The van der Waals surface area contributed by atoms with E-state index < -0.39 is 6.10 Å². The normalized spacial score (nSPS) is 20.0. The van der Waals surface area contributed by atoms with Crippen LogP contribution in [0.4, 0.5) is 0 Å². The van der Waals surface area contributed by atoms with Crippen LogP contribution in [0.2, 0.25) is 0 Å². The van der Waals surface area contributed by atoms with Crippen molar-refractivity contribution in [2.24, 2.45) is 0 Å². The second kappa shape index (κ2) is 9.56. The van der Waals surface area contributed by atoms with E-state index in [1.54, 1.807) is 11.8 Å². The molecule has 0 bridgehead atoms. The van der Waals surface area contributed by atoms with Gasteiger partial charge in [0.2, 0.25) is 0 Å². The summed E-state index contributed by atoms with van der Waals surface area (Å²) in [5.74, 6) is 1.63. The third kappa shape index (κ3) is 5.58. The fourth-order valence-electron chi connectivity index (χ4n) is 2.50. The highest BCUT2D eigenvalue weighted by atomic mass is 35.5. The summed E-state index contributed by atoms with van der Waals surface area (Å²) < 4.78 is 0.956. The van der Waals surface area contributed by atoms with Gasteiger partial charge in [-0.1, -0.05) is 66.5 Å². The lowest BCUT2D eigenvalue weighted by atomic mass is 10.1. The fraction of sp³-hybridized carbons (Fsp3) is 0.471. The molecule has 2 nitrogen and oxygen atoms in total. The van der Waals surface area contributed by atoms with Gasteiger partial charge in [0.25, 0.3) is 0 Å². The Morgan fingerprint density at radius 3 is 2.91 bits per heavy atom. The predicted octanol–water partition coefficient (Wildman–Crippen LogP) is 3.87. The maximum absolute atomic E-state index is 9.99. The number of thioether (sulfide) groups is 1. The SMILES string of the molecule is O[C@H](/C=C/CCCl)CCN1C(=S)SC[C@H]1Cc1ccccc1. The lowest BCUT2D eigenvalue weighted by Crippen LogP contribution is -2.36. The molecule has 1 N–H and O–H groups in total. The molecule has 5 heteroatoms. The number of benzene rings is 1. The Morgan fingerprint density at radius 1 is 1.41 bits per heavy atom. The van der Waals surface area contributed by atoms with Crippen LogP contribution in [0.5, 0.6) is 0 Å². The van der Waals surface area contributed by atoms with Crippen LogP contribution in [-0.4, -0.2) is 44.7 Å². The first-order chi connectivity index (χ1) is 10.7. The third-order valence-corrected chi connectivity index (χ3v) is 5.53. The van der Waals surface area contributed by atoms with Gasteiger partial charge in [0.05, 0.1) is 6.10 Å². The van der Waals surface area contributed by atoms with Crippen LogP contribution in [0.1, 0.15) is 18.4 Å². The lowest BCUT2D eigenvalue weighted by molar-refractivity contribution is 0.193. The number of hydrogen-bond donors (Lipinski definition) is 1. The van der Waals surface area contributed by atoms with Crippen molar-refractivity contribution in [3.63, 3.8) is 0 Å². The predicted molar refractivity (Wildman–Crippen MR) is 101 cm³/mol. The van der Waals surface area contributed by atoms with Crippen molar-refractivity contribution in [2.75, 3.05) is 18.2 Å². The minimum Gasteiger partial charge on any atom is -0.389 e. The van der Waals surface area contributed by atoms with Crippen LogP contribution < -0.4 is 0 Å². The molecule has 0 saturated carbocycles. The van der Waals surface area contributed by atoms with E-state index in [0.717, 1.165) is 29.5 Å². The van der Waals surface area contributed by atoms with E-state index in [-0.39, 0.29) is 0 Å². The van der Waals surface area contributed by atoms with Crippen molar-refractivity contribution in [3.8, 4) is 0 Å². The van der Waals surface area contributed by atoms with Crippen LogP contribution in [0.3, 0.4) is 0 Å². The largest absolute Gasteiger partial charge is 0.389 e. The van der Waals surface area contributed by atoms with Gasteiger partial charge >= 0.3 is 0 Å². The van der Waals surface area contributed by atoms with Crippen molar-refractivity contribution < 1.29 is 5.11 Å². The van der Waals surface area contributed by atoms with E-state index in [0.29, 0.717) is 18.3 Å². The maximum atomic E-state index is 9.99. The molecular formula is C17H22ClNOS2. The molecule has 0 unspecified atom stereocenters. The van der Waals surface area contributed by atoms with Gasteiger partial charge in [-0.2, -0.15) is 0 Å². The first-order valence-electron chi connectivity index (χ1n) is 7.58. The topological polar surface area (TPSA) is 23.5 Å². The summed E-state index contributed by atoms with van der Waals surface area (Å²) in [5.41, 5.74) is 1.34. The van der Waals surface area contributed by atoms with Gasteiger partial charge < -0.3 is 10.0 Å². The van der Waals surface area contributed by atoms with Crippen LogP contribution in [0.25, 0.3) is 0 Å². The molecule has 1 aromatic carbocycles. The fourth-order valence-corrected chi connectivity index (χ4v) is 4.11. The average Bonchev–Trinajstić information content (AvgIpc) is 2.87. The third-order valence-electron chi connectivity index (χ3n) is 3.69. The molecule has 0 spiro atoms. The van der Waals surface area contributed by atoms with Crippen molar-refractivity contribution >= 4 is 39.9 Å². The molecule has 2 atom stereocenters. The lowest BCUT2D eigenvalue weighted by Gasteiger charge is -2.26. The quantitative estimate of drug-likeness (QED) is 0.434. The molecule has 0 radical (unpaired) electrons. The molecule has 1 aromatic rings. The first-order valence-corrected chi connectivity index (χ1v) is 9.51. The molecular weight excluding hydrogens is 334 g/mol. The number of thiocarbonyl (C=S) groups is 1. The van der Waals surface area contributed by atoms with Crippen LogP contribution in [0, 0.1) is 0 Å². The number of hydrogen-bond acceptors (Lipinski definition) is 3. The van der Waals surface area contributed by atoms with Crippen LogP contribution in [0.15, 0.2) is 42.5 Å². The second-order valence-corrected chi connectivity index (χ2v) is 7.41. The molecule has 22 heavy (non-hydrogen) atoms. The van der Waals surface area contributed by atoms with Gasteiger partial charge in [-0.3, -0.25) is 0 Å². The Labute approximate surface area is 147 Å². The number of nitrogens with zero attached hydrogens (tertiary/aromatic N) is 1. The summed E-state index contributed by atoms with van der Waals surface area (Å²) in [6.45, 7) is 0.801. The summed E-state index contributed by atoms with van der Waals surface area (Å²) in [6.07, 6.45) is 5.86. The Bertz CT molecular complexity index is 495. The molecule has 1 aliphatic rings.